The van der Waals surface area contributed by atoms with Crippen LogP contribution in [0.4, 0.5) is 0 Å². The van der Waals surface area contributed by atoms with Crippen molar-refractivity contribution in [2.75, 3.05) is 13.1 Å². The number of benzene rings is 1. The van der Waals surface area contributed by atoms with Crippen molar-refractivity contribution in [1.82, 2.24) is 41.5 Å². The van der Waals surface area contributed by atoms with Crippen molar-refractivity contribution in [3.8, 4) is 0 Å². The zero-order valence-corrected chi connectivity index (χ0v) is 24.7. The molecule has 6 rings (SSSR count). The van der Waals surface area contributed by atoms with Crippen LogP contribution in [-0.2, 0) is 17.8 Å². The molecule has 11 heteroatoms. The number of hydrogen-bond donors (Lipinski definition) is 4. The maximum atomic E-state index is 14.2. The number of nitrogens with one attached hydrogen (secondary N) is 4. The van der Waals surface area contributed by atoms with Crippen molar-refractivity contribution in [3.05, 3.63) is 47.5 Å². The first-order valence-corrected chi connectivity index (χ1v) is 15.9. The van der Waals surface area contributed by atoms with E-state index in [1.807, 2.05) is 35.3 Å². The minimum absolute atomic E-state index is 0.184. The van der Waals surface area contributed by atoms with Crippen molar-refractivity contribution < 1.29 is 4.79 Å². The molecule has 10 nitrogen and oxygen atoms in total. The molecule has 222 valence electrons. The van der Waals surface area contributed by atoms with Crippen LogP contribution in [0, 0.1) is 17.3 Å². The Kier molecular flexibility index (Phi) is 9.07. The number of halogens is 1. The van der Waals surface area contributed by atoms with Gasteiger partial charge in [0.15, 0.2) is 0 Å². The number of hydrazine groups is 2. The van der Waals surface area contributed by atoms with Gasteiger partial charge in [-0.3, -0.25) is 14.9 Å². The normalized spacial score (nSPS) is 25.7. The number of hydrogen-bond acceptors (Lipinski definition) is 8. The summed E-state index contributed by atoms with van der Waals surface area (Å²) in [5, 5.41) is 13.3. The Balaban J connectivity index is 1.13. The lowest BCUT2D eigenvalue weighted by molar-refractivity contribution is -0.137. The van der Waals surface area contributed by atoms with Gasteiger partial charge in [0.05, 0.1) is 6.04 Å². The third kappa shape index (κ3) is 6.87. The summed E-state index contributed by atoms with van der Waals surface area (Å²) in [5.74, 6) is 2.33. The topological polar surface area (TPSA) is 112 Å². The van der Waals surface area contributed by atoms with E-state index < -0.39 is 0 Å². The fourth-order valence-electron chi connectivity index (χ4n) is 7.73. The van der Waals surface area contributed by atoms with Crippen molar-refractivity contribution in [2.45, 2.75) is 95.7 Å². The molecule has 2 aromatic rings. The van der Waals surface area contributed by atoms with Gasteiger partial charge >= 0.3 is 0 Å². The highest BCUT2D eigenvalue weighted by Gasteiger charge is 2.44. The number of likely N-dealkylation sites (tertiary alicyclic amines) is 1. The summed E-state index contributed by atoms with van der Waals surface area (Å²) in [6.45, 7) is 2.52. The van der Waals surface area contributed by atoms with Crippen molar-refractivity contribution in [1.29, 1.82) is 0 Å². The van der Waals surface area contributed by atoms with Crippen molar-refractivity contribution in [3.63, 3.8) is 0 Å². The van der Waals surface area contributed by atoms with Crippen LogP contribution < -0.4 is 21.8 Å². The number of amides is 1. The summed E-state index contributed by atoms with van der Waals surface area (Å²) in [6, 6.07) is 8.00. The average Bonchev–Trinajstić information content (AvgIpc) is 3.74. The van der Waals surface area contributed by atoms with Crippen LogP contribution in [0.15, 0.2) is 42.0 Å². The predicted octanol–water partition coefficient (Wildman–Crippen LogP) is 3.81. The number of carbonyl (C=O) groups is 1. The zero-order chi connectivity index (χ0) is 28.1. The van der Waals surface area contributed by atoms with Gasteiger partial charge in [-0.15, -0.1) is 10.6 Å². The fourth-order valence-corrected chi connectivity index (χ4v) is 7.86. The number of rotatable bonds is 9. The highest BCUT2D eigenvalue weighted by Crippen LogP contribution is 2.47. The number of aromatic nitrogens is 3. The second kappa shape index (κ2) is 13.1. The number of piperidine rings is 1. The van der Waals surface area contributed by atoms with Gasteiger partial charge < -0.3 is 10.2 Å². The molecule has 1 amide bonds. The third-order valence-corrected chi connectivity index (χ3v) is 10.4. The first-order chi connectivity index (χ1) is 20.1. The maximum Gasteiger partial charge on any atom is 0.240 e. The molecular weight excluding hydrogens is 538 g/mol. The van der Waals surface area contributed by atoms with Crippen LogP contribution in [0.1, 0.15) is 76.2 Å². The van der Waals surface area contributed by atoms with Crippen LogP contribution in [0.25, 0.3) is 0 Å². The van der Waals surface area contributed by atoms with Crippen LogP contribution in [0.2, 0.25) is 5.02 Å². The summed E-state index contributed by atoms with van der Waals surface area (Å²) in [6.07, 6.45) is 16.9. The molecule has 2 saturated carbocycles. The summed E-state index contributed by atoms with van der Waals surface area (Å²) >= 11 is 6.17. The van der Waals surface area contributed by atoms with Crippen molar-refractivity contribution >= 4 is 23.3 Å². The van der Waals surface area contributed by atoms with Crippen LogP contribution in [-0.4, -0.2) is 56.6 Å². The zero-order valence-electron chi connectivity index (χ0n) is 23.9. The Morgan fingerprint density at radius 2 is 1.80 bits per heavy atom. The monoisotopic (exact) mass is 581 g/mol. The summed E-state index contributed by atoms with van der Waals surface area (Å²) in [7, 11) is 0. The van der Waals surface area contributed by atoms with Gasteiger partial charge in [0.2, 0.25) is 5.91 Å². The molecular formula is C30H44ClN9O. The van der Waals surface area contributed by atoms with Gasteiger partial charge in [-0.25, -0.2) is 10.5 Å². The smallest absolute Gasteiger partial charge is 0.240 e. The average molecular weight is 582 g/mol. The number of hydrazone groups is 1. The first kappa shape index (κ1) is 28.4. The van der Waals surface area contributed by atoms with Crippen LogP contribution >= 0.6 is 11.6 Å². The summed E-state index contributed by atoms with van der Waals surface area (Å²) in [5.41, 5.74) is 10.1. The van der Waals surface area contributed by atoms with Crippen molar-refractivity contribution in [2.24, 2.45) is 22.4 Å². The second-order valence-corrected chi connectivity index (χ2v) is 13.0. The van der Waals surface area contributed by atoms with E-state index in [1.165, 1.54) is 32.1 Å². The van der Waals surface area contributed by atoms with Gasteiger partial charge in [0, 0.05) is 36.6 Å². The highest BCUT2D eigenvalue weighted by atomic mass is 35.5. The van der Waals surface area contributed by atoms with Gasteiger partial charge in [0.1, 0.15) is 18.5 Å². The fraction of sp³-hybridized carbons (Fsp3) is 0.667. The lowest BCUT2D eigenvalue weighted by Crippen LogP contribution is -2.55. The third-order valence-electron chi connectivity index (χ3n) is 10.1. The van der Waals surface area contributed by atoms with Crippen LogP contribution in [0.5, 0.6) is 0 Å². The minimum atomic E-state index is -0.250. The molecule has 1 aromatic carbocycles. The predicted molar refractivity (Wildman–Crippen MR) is 160 cm³/mol. The Morgan fingerprint density at radius 3 is 2.46 bits per heavy atom. The molecule has 2 aliphatic heterocycles. The molecule has 0 bridgehead atoms. The Morgan fingerprint density at radius 1 is 1.05 bits per heavy atom. The maximum absolute atomic E-state index is 14.2. The SMILES string of the molecule is O=C([C@@H](Cc1ccc(Cl)cc1)NC1CCC(C2=NNNN2)CC1)N1CCC(Cn2cncn2)(C2CCCCC2)CC1. The van der Waals surface area contributed by atoms with Gasteiger partial charge in [-0.2, -0.15) is 5.10 Å². The van der Waals surface area contributed by atoms with Gasteiger partial charge in [-0.05, 0) is 86.8 Å². The van der Waals surface area contributed by atoms with E-state index in [4.69, 9.17) is 11.6 Å². The minimum Gasteiger partial charge on any atom is -0.341 e. The molecule has 3 heterocycles. The molecule has 4 aliphatic rings. The van der Waals surface area contributed by atoms with E-state index in [0.717, 1.165) is 74.6 Å². The lowest BCUT2D eigenvalue weighted by Gasteiger charge is -2.48. The summed E-state index contributed by atoms with van der Waals surface area (Å²) in [4.78, 5) is 20.5. The molecule has 1 aromatic heterocycles. The molecule has 3 fully saturated rings. The van der Waals surface area contributed by atoms with E-state index in [-0.39, 0.29) is 17.4 Å². The van der Waals surface area contributed by atoms with E-state index in [1.54, 1.807) is 6.33 Å². The first-order valence-electron chi connectivity index (χ1n) is 15.5. The Labute approximate surface area is 248 Å². The standard InChI is InChI=1S/C30H44ClN9O/c31-25-10-6-22(7-11-25)18-27(34-26-12-8-23(9-13-26)28-35-37-38-36-28)29(41)39-16-14-30(15-17-39,19-40-21-32-20-33-40)24-4-2-1-3-5-24/h6-7,10-11,20-21,23-24,26-27,34,37-38H,1-5,8-9,12-19H2,(H,35,36)/t23?,26?,27-/m1/s1. The summed E-state index contributed by atoms with van der Waals surface area (Å²) < 4.78 is 2.02. The lowest BCUT2D eigenvalue weighted by atomic mass is 9.63. The van der Waals surface area contributed by atoms with E-state index >= 15 is 0 Å². The molecule has 4 N–H and O–H groups in total. The molecule has 2 aliphatic carbocycles. The number of amidine groups is 1. The van der Waals surface area contributed by atoms with E-state index in [0.29, 0.717) is 24.3 Å². The van der Waals surface area contributed by atoms with E-state index in [9.17, 15) is 4.79 Å². The molecule has 1 saturated heterocycles. The molecule has 1 atom stereocenters. The Bertz CT molecular complexity index is 1150. The number of carbonyl (C=O) groups excluding carboxylic acids is 1. The molecule has 0 unspecified atom stereocenters. The van der Waals surface area contributed by atoms with Crippen LogP contribution in [0.3, 0.4) is 0 Å². The second-order valence-electron chi connectivity index (χ2n) is 12.6. The number of nitrogens with zero attached hydrogens (tertiary/aromatic N) is 5. The Hall–Kier alpha value is -2.69. The van der Waals surface area contributed by atoms with E-state index in [2.05, 4.69) is 41.9 Å². The molecule has 0 spiro atoms. The molecule has 0 radical (unpaired) electrons. The highest BCUT2D eigenvalue weighted by molar-refractivity contribution is 6.30. The van der Waals surface area contributed by atoms with Gasteiger partial charge in [-0.1, -0.05) is 43.0 Å². The molecule has 41 heavy (non-hydrogen) atoms. The van der Waals surface area contributed by atoms with Gasteiger partial charge in [0.25, 0.3) is 0 Å². The quantitative estimate of drug-likeness (QED) is 0.356. The largest absolute Gasteiger partial charge is 0.341 e.